The topological polar surface area (TPSA) is 101 Å². The van der Waals surface area contributed by atoms with Gasteiger partial charge in [-0.15, -0.1) is 10.2 Å². The first-order valence-electron chi connectivity index (χ1n) is 10.6. The van der Waals surface area contributed by atoms with E-state index >= 15 is 0 Å². The monoisotopic (exact) mass is 483 g/mol. The van der Waals surface area contributed by atoms with Crippen LogP contribution in [0.5, 0.6) is 0 Å². The molecule has 10 heteroatoms. The van der Waals surface area contributed by atoms with Gasteiger partial charge in [-0.3, -0.25) is 4.79 Å². The van der Waals surface area contributed by atoms with Crippen molar-refractivity contribution < 1.29 is 13.2 Å². The number of carbonyl (C=O) groups excluding carboxylic acids is 1. The number of ketones is 1. The number of thioether (sulfide) groups is 1. The van der Waals surface area contributed by atoms with Crippen molar-refractivity contribution in [3.8, 4) is 11.4 Å². The van der Waals surface area contributed by atoms with Crippen LogP contribution in [0.2, 0.25) is 0 Å². The molecule has 0 spiro atoms. The number of aromatic amines is 1. The van der Waals surface area contributed by atoms with Crippen LogP contribution in [-0.2, 0) is 17.1 Å². The highest BCUT2D eigenvalue weighted by Crippen LogP contribution is 2.27. The lowest BCUT2D eigenvalue weighted by atomic mass is 10.1. The Kier molecular flexibility index (Phi) is 6.68. The highest BCUT2D eigenvalue weighted by atomic mass is 32.2. The Bertz CT molecular complexity index is 1400. The van der Waals surface area contributed by atoms with Gasteiger partial charge in [0, 0.05) is 48.4 Å². The molecule has 0 saturated carbocycles. The molecule has 0 aliphatic heterocycles. The van der Waals surface area contributed by atoms with Crippen molar-refractivity contribution >= 4 is 38.5 Å². The minimum atomic E-state index is -3.58. The zero-order valence-electron chi connectivity index (χ0n) is 18.6. The smallest absolute Gasteiger partial charge is 0.243 e. The first-order chi connectivity index (χ1) is 15.9. The number of hydrogen-bond acceptors (Lipinski definition) is 6. The Labute approximate surface area is 197 Å². The zero-order valence-corrected chi connectivity index (χ0v) is 20.3. The number of para-hydroxylation sites is 1. The van der Waals surface area contributed by atoms with Gasteiger partial charge < -0.3 is 9.55 Å². The van der Waals surface area contributed by atoms with E-state index in [4.69, 9.17) is 0 Å². The summed E-state index contributed by atoms with van der Waals surface area (Å²) in [5.41, 5.74) is 2.22. The molecule has 0 radical (unpaired) electrons. The second-order valence-electron chi connectivity index (χ2n) is 7.44. The molecule has 0 aliphatic rings. The normalized spacial score (nSPS) is 12.0. The quantitative estimate of drug-likeness (QED) is 0.286. The van der Waals surface area contributed by atoms with Crippen LogP contribution >= 0.6 is 11.8 Å². The largest absolute Gasteiger partial charge is 0.360 e. The fraction of sp³-hybridized carbons (Fsp3) is 0.261. The van der Waals surface area contributed by atoms with E-state index in [1.54, 1.807) is 42.1 Å². The molecule has 0 aliphatic carbocycles. The van der Waals surface area contributed by atoms with Crippen molar-refractivity contribution in [2.75, 3.05) is 18.8 Å². The summed E-state index contributed by atoms with van der Waals surface area (Å²) in [4.78, 5) is 16.1. The highest BCUT2D eigenvalue weighted by Gasteiger charge is 2.23. The highest BCUT2D eigenvalue weighted by molar-refractivity contribution is 7.99. The zero-order chi connectivity index (χ0) is 23.6. The molecule has 2 heterocycles. The van der Waals surface area contributed by atoms with Crippen LogP contribution in [0.1, 0.15) is 24.2 Å². The number of rotatable bonds is 9. The number of H-pyrrole nitrogens is 1. The summed E-state index contributed by atoms with van der Waals surface area (Å²) in [5, 5.41) is 9.95. The first kappa shape index (κ1) is 23.2. The van der Waals surface area contributed by atoms with E-state index in [9.17, 15) is 13.2 Å². The molecule has 2 aromatic carbocycles. The van der Waals surface area contributed by atoms with E-state index in [0.717, 1.165) is 10.9 Å². The van der Waals surface area contributed by atoms with Crippen LogP contribution in [0.3, 0.4) is 0 Å². The number of sulfonamides is 1. The summed E-state index contributed by atoms with van der Waals surface area (Å²) in [6, 6.07) is 14.4. The third kappa shape index (κ3) is 4.46. The molecular formula is C23H25N5O3S2. The Balaban J connectivity index is 1.54. The minimum absolute atomic E-state index is 0.00527. The predicted molar refractivity (Wildman–Crippen MR) is 130 cm³/mol. The van der Waals surface area contributed by atoms with Gasteiger partial charge >= 0.3 is 0 Å². The Hall–Kier alpha value is -2.95. The summed E-state index contributed by atoms with van der Waals surface area (Å²) in [5.74, 6) is 0.743. The molecule has 2 aromatic heterocycles. The third-order valence-electron chi connectivity index (χ3n) is 5.49. The second kappa shape index (κ2) is 9.50. The summed E-state index contributed by atoms with van der Waals surface area (Å²) in [6.07, 6.45) is 1.73. The number of Topliss-reactive ketones (excluding diaryl/α,β-unsaturated/α-hetero) is 1. The van der Waals surface area contributed by atoms with Crippen molar-refractivity contribution in [3.63, 3.8) is 0 Å². The van der Waals surface area contributed by atoms with Crippen molar-refractivity contribution in [2.45, 2.75) is 23.9 Å². The van der Waals surface area contributed by atoms with Gasteiger partial charge in [0.2, 0.25) is 10.0 Å². The van der Waals surface area contributed by atoms with Crippen LogP contribution in [0, 0.1) is 0 Å². The van der Waals surface area contributed by atoms with Crippen LogP contribution in [-0.4, -0.2) is 57.1 Å². The molecular weight excluding hydrogens is 458 g/mol. The Morgan fingerprint density at radius 2 is 1.85 bits per heavy atom. The van der Waals surface area contributed by atoms with Crippen molar-refractivity contribution in [1.29, 1.82) is 0 Å². The molecule has 0 unspecified atom stereocenters. The molecule has 4 aromatic rings. The molecule has 0 amide bonds. The van der Waals surface area contributed by atoms with E-state index in [2.05, 4.69) is 15.2 Å². The van der Waals surface area contributed by atoms with Gasteiger partial charge in [-0.25, -0.2) is 8.42 Å². The number of nitrogens with one attached hydrogen (secondary N) is 1. The van der Waals surface area contributed by atoms with Crippen molar-refractivity contribution in [1.82, 2.24) is 24.1 Å². The van der Waals surface area contributed by atoms with E-state index in [1.807, 2.05) is 38.1 Å². The van der Waals surface area contributed by atoms with Crippen LogP contribution in [0.4, 0.5) is 0 Å². The van der Waals surface area contributed by atoms with Gasteiger partial charge in [-0.05, 0) is 18.2 Å². The fourth-order valence-electron chi connectivity index (χ4n) is 3.71. The molecule has 0 atom stereocenters. The van der Waals surface area contributed by atoms with Crippen LogP contribution < -0.4 is 0 Å². The van der Waals surface area contributed by atoms with E-state index in [-0.39, 0.29) is 16.4 Å². The maximum absolute atomic E-state index is 12.9. The number of fused-ring (bicyclic) bond motifs is 1. The van der Waals surface area contributed by atoms with Gasteiger partial charge in [-0.2, -0.15) is 4.31 Å². The Morgan fingerprint density at radius 3 is 2.61 bits per heavy atom. The first-order valence-corrected chi connectivity index (χ1v) is 13.0. The molecule has 1 N–H and O–H groups in total. The van der Waals surface area contributed by atoms with Gasteiger partial charge in [0.1, 0.15) is 0 Å². The summed E-state index contributed by atoms with van der Waals surface area (Å²) in [7, 11) is -1.77. The van der Waals surface area contributed by atoms with Crippen LogP contribution in [0.15, 0.2) is 64.8 Å². The summed E-state index contributed by atoms with van der Waals surface area (Å²) < 4.78 is 29.0. The summed E-state index contributed by atoms with van der Waals surface area (Å²) >= 11 is 1.30. The van der Waals surface area contributed by atoms with Gasteiger partial charge in [0.15, 0.2) is 16.8 Å². The SMILES string of the molecule is CCN(CC)S(=O)(=O)c1cccc(-c2nnc(SCC(=O)c3c[nH]c4ccccc34)n2C)c1. The maximum Gasteiger partial charge on any atom is 0.243 e. The second-order valence-corrected chi connectivity index (χ2v) is 10.3. The molecule has 8 nitrogen and oxygen atoms in total. The fourth-order valence-corrected chi connectivity index (χ4v) is 6.01. The third-order valence-corrected chi connectivity index (χ3v) is 8.56. The van der Waals surface area contributed by atoms with Crippen LogP contribution in [0.25, 0.3) is 22.3 Å². The maximum atomic E-state index is 12.9. The van der Waals surface area contributed by atoms with Gasteiger partial charge in [0.25, 0.3) is 0 Å². The molecule has 0 bridgehead atoms. The molecule has 0 saturated heterocycles. The Morgan fingerprint density at radius 1 is 1.09 bits per heavy atom. The number of nitrogens with zero attached hydrogens (tertiary/aromatic N) is 4. The van der Waals surface area contributed by atoms with E-state index < -0.39 is 10.0 Å². The summed E-state index contributed by atoms with van der Waals surface area (Å²) in [6.45, 7) is 4.43. The van der Waals surface area contributed by atoms with E-state index in [0.29, 0.717) is 35.2 Å². The number of hydrogen-bond donors (Lipinski definition) is 1. The molecule has 4 rings (SSSR count). The average Bonchev–Trinajstić information content (AvgIpc) is 3.42. The van der Waals surface area contributed by atoms with Crippen molar-refractivity contribution in [2.24, 2.45) is 7.05 Å². The number of aromatic nitrogens is 4. The standard InChI is InChI=1S/C23H25N5O3S2/c1-4-28(5-2)33(30,31)17-10-8-9-16(13-17)22-25-26-23(27(22)3)32-15-21(29)19-14-24-20-12-7-6-11-18(19)20/h6-14,24H,4-5,15H2,1-3H3. The number of carbonyl (C=O) groups is 1. The molecule has 172 valence electrons. The van der Waals surface area contributed by atoms with E-state index in [1.165, 1.54) is 16.1 Å². The lowest BCUT2D eigenvalue weighted by Gasteiger charge is -2.18. The number of benzene rings is 2. The predicted octanol–water partition coefficient (Wildman–Crippen LogP) is 3.97. The lowest BCUT2D eigenvalue weighted by Crippen LogP contribution is -2.30. The molecule has 33 heavy (non-hydrogen) atoms. The average molecular weight is 484 g/mol. The van der Waals surface area contributed by atoms with Crippen molar-refractivity contribution in [3.05, 3.63) is 60.3 Å². The van der Waals surface area contributed by atoms with Gasteiger partial charge in [0.05, 0.1) is 10.6 Å². The minimum Gasteiger partial charge on any atom is -0.360 e. The lowest BCUT2D eigenvalue weighted by molar-refractivity contribution is 0.102. The molecule has 0 fully saturated rings. The van der Waals surface area contributed by atoms with Gasteiger partial charge in [-0.1, -0.05) is 55.9 Å².